The number of imide groups is 1. The van der Waals surface area contributed by atoms with Crippen LogP contribution in [0.25, 0.3) is 16.5 Å². The lowest BCUT2D eigenvalue weighted by Crippen LogP contribution is -2.54. The molecule has 1 unspecified atom stereocenters. The van der Waals surface area contributed by atoms with E-state index < -0.39 is 0 Å². The van der Waals surface area contributed by atoms with Crippen LogP contribution >= 0.6 is 0 Å². The standard InChI is InChI=1S/C22H26N4O2/c1-2-6-26-11-14(10-25-12-20(27)24-21(28)13-25)7-17-16-4-3-5-18-22(16)15(9-23-18)8-19(17)26/h3-5,7,9,14,19,23H,2,6,8,10-13H2,1H3,(H,24,27,28)/t14?,19-/m1/s1. The van der Waals surface area contributed by atoms with Crippen LogP contribution in [0.2, 0.25) is 0 Å². The van der Waals surface area contributed by atoms with Crippen LogP contribution in [-0.2, 0) is 16.0 Å². The predicted octanol–water partition coefficient (Wildman–Crippen LogP) is 1.78. The van der Waals surface area contributed by atoms with Gasteiger partial charge in [-0.05, 0) is 42.2 Å². The van der Waals surface area contributed by atoms with E-state index >= 15 is 0 Å². The van der Waals surface area contributed by atoms with Crippen LogP contribution in [0, 0.1) is 5.92 Å². The summed E-state index contributed by atoms with van der Waals surface area (Å²) in [6, 6.07) is 6.92. The van der Waals surface area contributed by atoms with Gasteiger partial charge in [0.05, 0.1) is 13.1 Å². The van der Waals surface area contributed by atoms with Crippen LogP contribution in [0.1, 0.15) is 24.5 Å². The average Bonchev–Trinajstić information content (AvgIpc) is 3.06. The van der Waals surface area contributed by atoms with Crippen molar-refractivity contribution in [1.29, 1.82) is 0 Å². The van der Waals surface area contributed by atoms with Crippen molar-refractivity contribution in [3.05, 3.63) is 41.6 Å². The van der Waals surface area contributed by atoms with Gasteiger partial charge in [0.2, 0.25) is 11.8 Å². The van der Waals surface area contributed by atoms with E-state index in [1.54, 1.807) is 0 Å². The number of amides is 2. The van der Waals surface area contributed by atoms with E-state index in [1.807, 2.05) is 4.90 Å². The summed E-state index contributed by atoms with van der Waals surface area (Å²) in [5, 5.41) is 3.75. The Balaban J connectivity index is 1.50. The normalized spacial score (nSPS) is 25.5. The average molecular weight is 378 g/mol. The van der Waals surface area contributed by atoms with E-state index in [0.29, 0.717) is 25.0 Å². The van der Waals surface area contributed by atoms with Crippen molar-refractivity contribution in [2.24, 2.45) is 5.92 Å². The van der Waals surface area contributed by atoms with Gasteiger partial charge in [0.25, 0.3) is 0 Å². The quantitative estimate of drug-likeness (QED) is 0.796. The van der Waals surface area contributed by atoms with Gasteiger partial charge in [-0.3, -0.25) is 24.7 Å². The molecule has 2 atom stereocenters. The molecule has 1 fully saturated rings. The van der Waals surface area contributed by atoms with Crippen LogP contribution < -0.4 is 5.32 Å². The zero-order chi connectivity index (χ0) is 19.3. The van der Waals surface area contributed by atoms with Gasteiger partial charge in [-0.25, -0.2) is 0 Å². The summed E-state index contributed by atoms with van der Waals surface area (Å²) in [7, 11) is 0. The summed E-state index contributed by atoms with van der Waals surface area (Å²) < 4.78 is 0. The topological polar surface area (TPSA) is 68.4 Å². The highest BCUT2D eigenvalue weighted by molar-refractivity contribution is 5.99. The number of fused-ring (bicyclic) bond motifs is 2. The van der Waals surface area contributed by atoms with Crippen molar-refractivity contribution in [1.82, 2.24) is 20.1 Å². The highest BCUT2D eigenvalue weighted by Crippen LogP contribution is 2.41. The number of aromatic nitrogens is 1. The van der Waals surface area contributed by atoms with E-state index in [4.69, 9.17) is 0 Å². The van der Waals surface area contributed by atoms with E-state index in [9.17, 15) is 9.59 Å². The summed E-state index contributed by atoms with van der Waals surface area (Å²) in [4.78, 5) is 31.5. The molecule has 2 aliphatic heterocycles. The number of hydrogen-bond donors (Lipinski definition) is 2. The fraction of sp³-hybridized carbons (Fsp3) is 0.455. The van der Waals surface area contributed by atoms with Crippen LogP contribution in [0.3, 0.4) is 0 Å². The van der Waals surface area contributed by atoms with E-state index in [1.165, 1.54) is 27.6 Å². The first-order valence-corrected chi connectivity index (χ1v) is 10.2. The first kappa shape index (κ1) is 17.6. The van der Waals surface area contributed by atoms with Gasteiger partial charge in [0.1, 0.15) is 0 Å². The Hall–Kier alpha value is -2.44. The third kappa shape index (κ3) is 2.97. The van der Waals surface area contributed by atoms with Gasteiger partial charge in [0, 0.05) is 42.1 Å². The molecule has 2 aromatic rings. The van der Waals surface area contributed by atoms with Crippen molar-refractivity contribution < 1.29 is 9.59 Å². The molecule has 0 saturated carbocycles. The Labute approximate surface area is 164 Å². The van der Waals surface area contributed by atoms with Gasteiger partial charge >= 0.3 is 0 Å². The monoisotopic (exact) mass is 378 g/mol. The number of benzene rings is 1. The maximum atomic E-state index is 11.8. The fourth-order valence-electron chi connectivity index (χ4n) is 5.22. The van der Waals surface area contributed by atoms with Crippen LogP contribution in [0.5, 0.6) is 0 Å². The van der Waals surface area contributed by atoms with Gasteiger partial charge in [0.15, 0.2) is 0 Å². The lowest BCUT2D eigenvalue weighted by atomic mass is 9.79. The van der Waals surface area contributed by atoms with Crippen molar-refractivity contribution >= 4 is 28.3 Å². The zero-order valence-electron chi connectivity index (χ0n) is 16.2. The van der Waals surface area contributed by atoms with Crippen LogP contribution in [0.15, 0.2) is 30.5 Å². The molecular weight excluding hydrogens is 352 g/mol. The molecule has 28 heavy (non-hydrogen) atoms. The molecule has 5 rings (SSSR count). The molecule has 146 valence electrons. The van der Waals surface area contributed by atoms with Crippen molar-refractivity contribution in [3.8, 4) is 0 Å². The number of piperazine rings is 1. The Kier molecular flexibility index (Phi) is 4.33. The van der Waals surface area contributed by atoms with Crippen molar-refractivity contribution in [2.75, 3.05) is 32.7 Å². The first-order chi connectivity index (χ1) is 13.6. The number of nitrogens with one attached hydrogen (secondary N) is 2. The van der Waals surface area contributed by atoms with Gasteiger partial charge < -0.3 is 4.98 Å². The Morgan fingerprint density at radius 1 is 1.18 bits per heavy atom. The second kappa shape index (κ2) is 6.87. The molecule has 0 radical (unpaired) electrons. The Morgan fingerprint density at radius 2 is 2.00 bits per heavy atom. The number of carbonyl (C=O) groups excluding carboxylic acids is 2. The zero-order valence-corrected chi connectivity index (χ0v) is 16.2. The maximum absolute atomic E-state index is 11.8. The molecule has 1 aromatic heterocycles. The molecule has 3 heterocycles. The Bertz CT molecular complexity index is 960. The lowest BCUT2D eigenvalue weighted by molar-refractivity contribution is -0.136. The molecule has 3 aliphatic rings. The van der Waals surface area contributed by atoms with Gasteiger partial charge in [-0.15, -0.1) is 0 Å². The van der Waals surface area contributed by atoms with Gasteiger partial charge in [-0.1, -0.05) is 25.1 Å². The molecule has 2 amide bonds. The van der Waals surface area contributed by atoms with E-state index in [2.05, 4.69) is 52.6 Å². The minimum Gasteiger partial charge on any atom is -0.361 e. The lowest BCUT2D eigenvalue weighted by Gasteiger charge is -2.43. The number of H-pyrrole nitrogens is 1. The van der Waals surface area contributed by atoms with Gasteiger partial charge in [-0.2, -0.15) is 0 Å². The number of aromatic amines is 1. The smallest absolute Gasteiger partial charge is 0.240 e. The summed E-state index contributed by atoms with van der Waals surface area (Å²) in [5.74, 6) is -0.0722. The minimum atomic E-state index is -0.192. The third-order valence-corrected chi connectivity index (χ3v) is 6.21. The number of hydrogen-bond acceptors (Lipinski definition) is 4. The summed E-state index contributed by atoms with van der Waals surface area (Å²) in [6.45, 7) is 5.62. The molecule has 1 aromatic carbocycles. The largest absolute Gasteiger partial charge is 0.361 e. The minimum absolute atomic E-state index is 0.192. The molecule has 2 N–H and O–H groups in total. The summed E-state index contributed by atoms with van der Waals surface area (Å²) in [6.07, 6.45) is 6.74. The first-order valence-electron chi connectivity index (χ1n) is 10.2. The fourth-order valence-corrected chi connectivity index (χ4v) is 5.22. The number of carbonyl (C=O) groups is 2. The second-order valence-electron chi connectivity index (χ2n) is 8.28. The second-order valence-corrected chi connectivity index (χ2v) is 8.28. The van der Waals surface area contributed by atoms with E-state index in [0.717, 1.165) is 32.5 Å². The molecule has 1 saturated heterocycles. The summed E-state index contributed by atoms with van der Waals surface area (Å²) in [5.41, 5.74) is 5.36. The van der Waals surface area contributed by atoms with Crippen molar-refractivity contribution in [3.63, 3.8) is 0 Å². The van der Waals surface area contributed by atoms with Crippen molar-refractivity contribution in [2.45, 2.75) is 25.8 Å². The molecule has 1 aliphatic carbocycles. The van der Waals surface area contributed by atoms with E-state index in [-0.39, 0.29) is 11.8 Å². The number of nitrogens with zero attached hydrogens (tertiary/aromatic N) is 2. The molecule has 0 spiro atoms. The number of rotatable bonds is 4. The maximum Gasteiger partial charge on any atom is 0.240 e. The third-order valence-electron chi connectivity index (χ3n) is 6.21. The predicted molar refractivity (Wildman–Crippen MR) is 109 cm³/mol. The SMILES string of the molecule is CCCN1CC(CN2CC(=O)NC(=O)C2)C=C2c3cccc4[nH]cc(c34)C[C@H]21. The Morgan fingerprint density at radius 3 is 2.79 bits per heavy atom. The highest BCUT2D eigenvalue weighted by Gasteiger charge is 2.36. The molecule has 0 bridgehead atoms. The molecule has 6 nitrogen and oxygen atoms in total. The van der Waals surface area contributed by atoms with Crippen LogP contribution in [-0.4, -0.2) is 65.4 Å². The summed E-state index contributed by atoms with van der Waals surface area (Å²) >= 11 is 0. The van der Waals surface area contributed by atoms with Crippen LogP contribution in [0.4, 0.5) is 0 Å². The highest BCUT2D eigenvalue weighted by atomic mass is 16.2. The molecular formula is C22H26N4O2. The molecule has 6 heteroatoms.